The molecule has 0 heterocycles. The topological polar surface area (TPSA) is 40.1 Å². The van der Waals surface area contributed by atoms with Crippen molar-refractivity contribution in [2.24, 2.45) is 0 Å². The molecular formula is C2H5NaO2S2. The standard InChI is InChI=1S/C2H6O2S2.Na/c3-6(4)2-1-5;/h5H,1-2H2,(H,3,4);/q;+1/p-1. The molecule has 38 valence electrons. The predicted molar refractivity (Wildman–Crippen MR) is 27.6 cm³/mol. The second-order valence-corrected chi connectivity index (χ2v) is 2.19. The minimum Gasteiger partial charge on any atom is -0.772 e. The van der Waals surface area contributed by atoms with Gasteiger partial charge in [-0.1, -0.05) is 11.1 Å². The van der Waals surface area contributed by atoms with Gasteiger partial charge in [-0.3, -0.25) is 4.21 Å². The molecular weight excluding hydrogens is 143 g/mol. The maximum absolute atomic E-state index is 9.55. The second-order valence-electron chi connectivity index (χ2n) is 0.731. The molecule has 0 aliphatic rings. The Bertz CT molecular complexity index is 57.7. The molecule has 0 aliphatic carbocycles. The largest absolute Gasteiger partial charge is 1.00 e. The van der Waals surface area contributed by atoms with Gasteiger partial charge in [0, 0.05) is 11.5 Å². The summed E-state index contributed by atoms with van der Waals surface area (Å²) in [5.74, 6) is 0.569. The number of rotatable bonds is 2. The van der Waals surface area contributed by atoms with Crippen LogP contribution in [0.2, 0.25) is 0 Å². The Balaban J connectivity index is 0. The number of thiol groups is 1. The molecule has 0 saturated heterocycles. The van der Waals surface area contributed by atoms with Crippen LogP contribution in [-0.4, -0.2) is 20.3 Å². The molecule has 0 amide bonds. The molecule has 0 spiro atoms. The van der Waals surface area contributed by atoms with E-state index in [0.717, 1.165) is 0 Å². The molecule has 7 heavy (non-hydrogen) atoms. The molecule has 5 heteroatoms. The molecule has 0 radical (unpaired) electrons. The second kappa shape index (κ2) is 7.46. The Morgan fingerprint density at radius 3 is 2.14 bits per heavy atom. The third-order valence-corrected chi connectivity index (χ3v) is 1.32. The maximum Gasteiger partial charge on any atom is 1.00 e. The van der Waals surface area contributed by atoms with Gasteiger partial charge in [0.25, 0.3) is 0 Å². The van der Waals surface area contributed by atoms with E-state index in [-0.39, 0.29) is 35.3 Å². The summed E-state index contributed by atoms with van der Waals surface area (Å²) in [6, 6.07) is 0. The van der Waals surface area contributed by atoms with Crippen LogP contribution in [0.1, 0.15) is 0 Å². The van der Waals surface area contributed by atoms with Crippen LogP contribution < -0.4 is 29.6 Å². The number of hydrogen-bond acceptors (Lipinski definition) is 3. The van der Waals surface area contributed by atoms with E-state index < -0.39 is 11.1 Å². The van der Waals surface area contributed by atoms with Crippen molar-refractivity contribution < 1.29 is 38.3 Å². The molecule has 0 bridgehead atoms. The summed E-state index contributed by atoms with van der Waals surface area (Å²) in [5.41, 5.74) is 0. The van der Waals surface area contributed by atoms with Gasteiger partial charge in [0.15, 0.2) is 0 Å². The molecule has 0 rings (SSSR count). The summed E-state index contributed by atoms with van der Waals surface area (Å²) in [7, 11) is 0. The summed E-state index contributed by atoms with van der Waals surface area (Å²) in [6.45, 7) is 0. The SMILES string of the molecule is O=S([O-])CCS.[Na+]. The van der Waals surface area contributed by atoms with E-state index in [1.54, 1.807) is 0 Å². The fourth-order valence-corrected chi connectivity index (χ4v) is 0.671. The Hall–Kier alpha value is 1.46. The monoisotopic (exact) mass is 148 g/mol. The van der Waals surface area contributed by atoms with Gasteiger partial charge in [-0.25, -0.2) is 0 Å². The van der Waals surface area contributed by atoms with Gasteiger partial charge in [-0.2, -0.15) is 12.6 Å². The van der Waals surface area contributed by atoms with E-state index in [9.17, 15) is 8.76 Å². The van der Waals surface area contributed by atoms with Crippen molar-refractivity contribution in [2.45, 2.75) is 0 Å². The fraction of sp³-hybridized carbons (Fsp3) is 1.00. The van der Waals surface area contributed by atoms with E-state index in [2.05, 4.69) is 12.6 Å². The molecule has 0 aromatic carbocycles. The summed E-state index contributed by atoms with van der Waals surface area (Å²) in [4.78, 5) is 0. The van der Waals surface area contributed by atoms with E-state index in [1.807, 2.05) is 0 Å². The van der Waals surface area contributed by atoms with Crippen molar-refractivity contribution in [1.82, 2.24) is 0 Å². The first-order valence-electron chi connectivity index (χ1n) is 1.44. The number of hydrogen-bond donors (Lipinski definition) is 1. The van der Waals surface area contributed by atoms with Crippen LogP contribution in [-0.2, 0) is 11.1 Å². The fourth-order valence-electron chi connectivity index (χ4n) is 0.0745. The summed E-state index contributed by atoms with van der Waals surface area (Å²) < 4.78 is 19.1. The van der Waals surface area contributed by atoms with Crippen molar-refractivity contribution in [1.29, 1.82) is 0 Å². The average Bonchev–Trinajstić information content (AvgIpc) is 1.35. The van der Waals surface area contributed by atoms with Crippen molar-refractivity contribution in [2.75, 3.05) is 11.5 Å². The zero-order valence-corrected chi connectivity index (χ0v) is 7.80. The van der Waals surface area contributed by atoms with Crippen molar-refractivity contribution in [3.63, 3.8) is 0 Å². The molecule has 0 aromatic heterocycles. The van der Waals surface area contributed by atoms with Gasteiger partial charge in [0.1, 0.15) is 0 Å². The Labute approximate surface area is 73.1 Å². The van der Waals surface area contributed by atoms with Gasteiger partial charge in [-0.05, 0) is 0 Å². The molecule has 2 nitrogen and oxygen atoms in total. The molecule has 0 fully saturated rings. The van der Waals surface area contributed by atoms with Crippen LogP contribution >= 0.6 is 12.6 Å². The van der Waals surface area contributed by atoms with Gasteiger partial charge in [-0.15, -0.1) is 0 Å². The van der Waals surface area contributed by atoms with Crippen LogP contribution in [0.3, 0.4) is 0 Å². The summed E-state index contributed by atoms with van der Waals surface area (Å²) in [6.07, 6.45) is 0. The van der Waals surface area contributed by atoms with E-state index >= 15 is 0 Å². The van der Waals surface area contributed by atoms with Crippen LogP contribution in [0.4, 0.5) is 0 Å². The Morgan fingerprint density at radius 1 is 1.71 bits per heavy atom. The third-order valence-electron chi connectivity index (χ3n) is 0.258. The smallest absolute Gasteiger partial charge is 0.772 e. The predicted octanol–water partition coefficient (Wildman–Crippen LogP) is -3.20. The van der Waals surface area contributed by atoms with Crippen LogP contribution in [0, 0.1) is 0 Å². The minimum absolute atomic E-state index is 0. The third kappa shape index (κ3) is 11.2. The van der Waals surface area contributed by atoms with Gasteiger partial charge in [0.05, 0.1) is 0 Å². The van der Waals surface area contributed by atoms with E-state index in [4.69, 9.17) is 0 Å². The van der Waals surface area contributed by atoms with Gasteiger partial charge >= 0.3 is 29.6 Å². The van der Waals surface area contributed by atoms with E-state index in [1.165, 1.54) is 0 Å². The first kappa shape index (κ1) is 11.3. The molecule has 1 atom stereocenters. The Kier molecular flexibility index (Phi) is 12.0. The van der Waals surface area contributed by atoms with E-state index in [0.29, 0.717) is 5.75 Å². The van der Waals surface area contributed by atoms with Crippen molar-refractivity contribution in [3.8, 4) is 0 Å². The molecule has 0 aliphatic heterocycles. The van der Waals surface area contributed by atoms with Crippen LogP contribution in [0.25, 0.3) is 0 Å². The zero-order valence-electron chi connectivity index (χ0n) is 4.09. The van der Waals surface area contributed by atoms with Gasteiger partial charge in [0.2, 0.25) is 0 Å². The van der Waals surface area contributed by atoms with Gasteiger partial charge < -0.3 is 4.55 Å². The zero-order chi connectivity index (χ0) is 4.99. The van der Waals surface area contributed by atoms with Crippen LogP contribution in [0.15, 0.2) is 0 Å². The molecule has 1 unspecified atom stereocenters. The Morgan fingerprint density at radius 2 is 2.14 bits per heavy atom. The first-order valence-corrected chi connectivity index (χ1v) is 3.31. The molecule has 0 saturated carbocycles. The summed E-state index contributed by atoms with van der Waals surface area (Å²) in [5, 5.41) is 0. The average molecular weight is 148 g/mol. The quantitative estimate of drug-likeness (QED) is 0.254. The minimum atomic E-state index is -1.89. The molecule has 0 N–H and O–H groups in total. The van der Waals surface area contributed by atoms with Crippen molar-refractivity contribution >= 4 is 23.7 Å². The summed E-state index contributed by atoms with van der Waals surface area (Å²) >= 11 is 1.77. The van der Waals surface area contributed by atoms with Crippen molar-refractivity contribution in [3.05, 3.63) is 0 Å². The van der Waals surface area contributed by atoms with Crippen LogP contribution in [0.5, 0.6) is 0 Å². The normalized spacial score (nSPS) is 12.3. The maximum atomic E-state index is 9.55. The molecule has 0 aromatic rings. The first-order chi connectivity index (χ1) is 2.77.